The van der Waals surface area contributed by atoms with Gasteiger partial charge in [-0.15, -0.1) is 0 Å². The van der Waals surface area contributed by atoms with Gasteiger partial charge >= 0.3 is 0 Å². The minimum atomic E-state index is -2.06. The second-order valence-corrected chi connectivity index (χ2v) is 13.6. The molecule has 3 aromatic rings. The summed E-state index contributed by atoms with van der Waals surface area (Å²) in [5, 5.41) is 16.5. The van der Waals surface area contributed by atoms with Gasteiger partial charge < -0.3 is 20.3 Å². The highest BCUT2D eigenvalue weighted by atomic mass is 16.7. The molecule has 234 valence electrons. The van der Waals surface area contributed by atoms with Crippen LogP contribution in [0.25, 0.3) is 16.5 Å². The molecule has 0 bridgehead atoms. The monoisotopic (exact) mass is 609 g/mol. The summed E-state index contributed by atoms with van der Waals surface area (Å²) in [7, 11) is 2.03. The summed E-state index contributed by atoms with van der Waals surface area (Å²) >= 11 is 0. The van der Waals surface area contributed by atoms with Crippen LogP contribution in [0.5, 0.6) is 0 Å². The average molecular weight is 610 g/mol. The zero-order valence-electron chi connectivity index (χ0n) is 25.8. The summed E-state index contributed by atoms with van der Waals surface area (Å²) in [6.07, 6.45) is 6.40. The standard InChI is InChI=1S/C35H39N5O5/c1-20(2)34(37-31(41)23-16-25-24-11-7-12-26-30(24)22(18-36-26)17-27(25)38(3)19-23)33(43)40-28(15-21-9-5-4-6-10-21)32(42)39-14-8-13-29(39)35(40,44)45-34/h4-7,9-12,16,18,20,23,27-29,36,44H,8,13-15,17,19H2,1-3H3,(H,37,41)/t23-,27+,28-,29+,34+,35-/m0/s1. The highest BCUT2D eigenvalue weighted by Crippen LogP contribution is 2.48. The molecular weight excluding hydrogens is 570 g/mol. The van der Waals surface area contributed by atoms with E-state index >= 15 is 0 Å². The van der Waals surface area contributed by atoms with Gasteiger partial charge in [-0.05, 0) is 54.6 Å². The molecule has 5 aliphatic rings. The molecule has 2 aromatic carbocycles. The van der Waals surface area contributed by atoms with Crippen molar-refractivity contribution in [3.8, 4) is 0 Å². The van der Waals surface area contributed by atoms with Crippen molar-refractivity contribution in [3.05, 3.63) is 77.5 Å². The number of carbonyl (C=O) groups excluding carboxylic acids is 3. The zero-order chi connectivity index (χ0) is 31.2. The molecule has 6 atom stereocenters. The molecular formula is C35H39N5O5. The number of likely N-dealkylation sites (N-methyl/N-ethyl adjacent to an activating group) is 1. The van der Waals surface area contributed by atoms with Crippen molar-refractivity contribution in [3.63, 3.8) is 0 Å². The average Bonchev–Trinajstić information content (AvgIpc) is 3.74. The second-order valence-electron chi connectivity index (χ2n) is 13.6. The van der Waals surface area contributed by atoms with Crippen molar-refractivity contribution in [1.82, 2.24) is 25.0 Å². The number of hydrogen-bond donors (Lipinski definition) is 3. The molecule has 4 aliphatic heterocycles. The number of nitrogens with one attached hydrogen (secondary N) is 2. The molecule has 45 heavy (non-hydrogen) atoms. The van der Waals surface area contributed by atoms with Crippen LogP contribution < -0.4 is 5.32 Å². The van der Waals surface area contributed by atoms with Crippen LogP contribution in [0.4, 0.5) is 0 Å². The maximum absolute atomic E-state index is 14.6. The number of piperazine rings is 1. The number of ether oxygens (including phenoxy) is 1. The fourth-order valence-corrected chi connectivity index (χ4v) is 8.47. The van der Waals surface area contributed by atoms with E-state index in [1.165, 1.54) is 15.8 Å². The molecule has 3 fully saturated rings. The Morgan fingerprint density at radius 2 is 1.96 bits per heavy atom. The first-order chi connectivity index (χ1) is 21.6. The summed E-state index contributed by atoms with van der Waals surface area (Å²) in [5.74, 6) is -4.27. The van der Waals surface area contributed by atoms with Crippen LogP contribution >= 0.6 is 0 Å². The van der Waals surface area contributed by atoms with E-state index in [0.29, 0.717) is 25.9 Å². The van der Waals surface area contributed by atoms with Crippen LogP contribution in [-0.4, -0.2) is 92.4 Å². The van der Waals surface area contributed by atoms with Gasteiger partial charge in [0.15, 0.2) is 0 Å². The molecule has 10 nitrogen and oxygen atoms in total. The van der Waals surface area contributed by atoms with Gasteiger partial charge in [0.25, 0.3) is 11.8 Å². The molecule has 0 radical (unpaired) electrons. The second kappa shape index (κ2) is 10.0. The highest BCUT2D eigenvalue weighted by Gasteiger charge is 2.72. The number of amides is 3. The Morgan fingerprint density at radius 1 is 1.16 bits per heavy atom. The number of aliphatic hydroxyl groups is 1. The van der Waals surface area contributed by atoms with Crippen LogP contribution in [0.1, 0.15) is 43.4 Å². The van der Waals surface area contributed by atoms with Crippen molar-refractivity contribution in [2.24, 2.45) is 11.8 Å². The lowest BCUT2D eigenvalue weighted by molar-refractivity contribution is -0.321. The number of nitrogens with zero attached hydrogens (tertiary/aromatic N) is 3. The summed E-state index contributed by atoms with van der Waals surface area (Å²) in [6, 6.07) is 14.2. The van der Waals surface area contributed by atoms with Crippen LogP contribution in [0.3, 0.4) is 0 Å². The van der Waals surface area contributed by atoms with Gasteiger partial charge in [0, 0.05) is 48.6 Å². The van der Waals surface area contributed by atoms with Crippen molar-refractivity contribution >= 4 is 34.2 Å². The first-order valence-corrected chi connectivity index (χ1v) is 16.1. The topological polar surface area (TPSA) is 118 Å². The van der Waals surface area contributed by atoms with Crippen LogP contribution in [0, 0.1) is 11.8 Å². The predicted octanol–water partition coefficient (Wildman–Crippen LogP) is 2.63. The van der Waals surface area contributed by atoms with E-state index in [0.717, 1.165) is 28.6 Å². The fourth-order valence-electron chi connectivity index (χ4n) is 8.47. The number of carbonyl (C=O) groups is 3. The van der Waals surface area contributed by atoms with E-state index in [1.807, 2.05) is 49.5 Å². The zero-order valence-corrected chi connectivity index (χ0v) is 25.8. The largest absolute Gasteiger partial charge is 0.361 e. The summed E-state index contributed by atoms with van der Waals surface area (Å²) in [4.78, 5) is 51.2. The molecule has 1 aliphatic carbocycles. The molecule has 3 saturated heterocycles. The van der Waals surface area contributed by atoms with Crippen molar-refractivity contribution in [2.75, 3.05) is 20.1 Å². The van der Waals surface area contributed by atoms with E-state index in [9.17, 15) is 19.5 Å². The van der Waals surface area contributed by atoms with Gasteiger partial charge in [0.05, 0.1) is 5.92 Å². The van der Waals surface area contributed by atoms with E-state index in [2.05, 4.69) is 33.5 Å². The molecule has 8 rings (SSSR count). The van der Waals surface area contributed by atoms with Gasteiger partial charge in [-0.3, -0.25) is 28.9 Å². The molecule has 3 amide bonds. The Balaban J connectivity index is 1.15. The van der Waals surface area contributed by atoms with Crippen molar-refractivity contribution < 1.29 is 24.2 Å². The lowest BCUT2D eigenvalue weighted by Gasteiger charge is -2.48. The maximum Gasteiger partial charge on any atom is 0.281 e. The Labute approximate surface area is 262 Å². The number of hydrogen-bond acceptors (Lipinski definition) is 6. The Morgan fingerprint density at radius 3 is 2.73 bits per heavy atom. The van der Waals surface area contributed by atoms with Crippen molar-refractivity contribution in [2.45, 2.75) is 69.3 Å². The number of rotatable bonds is 5. The Kier molecular flexibility index (Phi) is 6.33. The number of aromatic nitrogens is 1. The molecule has 0 saturated carbocycles. The number of fused-ring (bicyclic) bond motifs is 5. The third-order valence-corrected chi connectivity index (χ3v) is 10.8. The molecule has 0 unspecified atom stereocenters. The smallest absolute Gasteiger partial charge is 0.281 e. The van der Waals surface area contributed by atoms with Gasteiger partial charge in [0.2, 0.25) is 17.5 Å². The summed E-state index contributed by atoms with van der Waals surface area (Å²) in [6.45, 7) is 4.56. The van der Waals surface area contributed by atoms with Gasteiger partial charge in [-0.1, -0.05) is 62.4 Å². The first-order valence-electron chi connectivity index (χ1n) is 16.1. The summed E-state index contributed by atoms with van der Waals surface area (Å²) in [5.41, 5.74) is 3.59. The maximum atomic E-state index is 14.6. The summed E-state index contributed by atoms with van der Waals surface area (Å²) < 4.78 is 6.49. The quantitative estimate of drug-likeness (QED) is 0.410. The molecule has 10 heteroatoms. The fraction of sp³-hybridized carbons (Fsp3) is 0.457. The van der Waals surface area contributed by atoms with E-state index in [4.69, 9.17) is 4.74 Å². The minimum Gasteiger partial charge on any atom is -0.361 e. The first kappa shape index (κ1) is 28.5. The van der Waals surface area contributed by atoms with E-state index < -0.39 is 41.5 Å². The molecule has 0 spiro atoms. The van der Waals surface area contributed by atoms with Gasteiger partial charge in [0.1, 0.15) is 12.1 Å². The lowest BCUT2D eigenvalue weighted by Crippen LogP contribution is -2.71. The van der Waals surface area contributed by atoms with Crippen molar-refractivity contribution in [1.29, 1.82) is 0 Å². The molecule has 3 N–H and O–H groups in total. The molecule has 1 aromatic heterocycles. The van der Waals surface area contributed by atoms with Crippen LogP contribution in [0.15, 0.2) is 60.8 Å². The normalized spacial score (nSPS) is 32.5. The third-order valence-electron chi connectivity index (χ3n) is 10.8. The molecule has 5 heterocycles. The SMILES string of the molecule is CC(C)[C@@]1(NC(=O)[C@H]2C=C3c4cccc5[nH]cc(c45)C[C@H]3N(C)C2)O[C@@]2(O)[C@H]3CCCN3C(=O)[C@H](Cc3ccccc3)N2C1=O. The number of aromatic amines is 1. The van der Waals surface area contributed by atoms with Gasteiger partial charge in [-0.2, -0.15) is 0 Å². The lowest BCUT2D eigenvalue weighted by atomic mass is 9.79. The number of benzene rings is 2. The Bertz CT molecular complexity index is 1750. The highest BCUT2D eigenvalue weighted by molar-refractivity contribution is 6.01. The Hall–Kier alpha value is -3.99. The number of H-pyrrole nitrogens is 1. The minimum absolute atomic E-state index is 0.138. The predicted molar refractivity (Wildman–Crippen MR) is 167 cm³/mol. The van der Waals surface area contributed by atoms with Crippen LogP contribution in [0.2, 0.25) is 0 Å². The van der Waals surface area contributed by atoms with E-state index in [-0.39, 0.29) is 24.3 Å². The third kappa shape index (κ3) is 4.01. The van der Waals surface area contributed by atoms with Crippen LogP contribution in [-0.2, 0) is 32.0 Å². The van der Waals surface area contributed by atoms with Gasteiger partial charge in [-0.25, -0.2) is 0 Å². The van der Waals surface area contributed by atoms with E-state index in [1.54, 1.807) is 18.7 Å².